The molecule has 25 heavy (non-hydrogen) atoms. The highest BCUT2D eigenvalue weighted by atomic mass is 35.5. The molecule has 0 spiro atoms. The van der Waals surface area contributed by atoms with Gasteiger partial charge in [0.25, 0.3) is 0 Å². The molecule has 0 saturated heterocycles. The second-order valence-corrected chi connectivity index (χ2v) is 6.09. The molecule has 0 aliphatic rings. The van der Waals surface area contributed by atoms with E-state index >= 15 is 0 Å². The SMILES string of the molecule is COc1cccc(Nc2cc(C)nc(Nc3cccc(Cl)c3Cl)n2)c1. The number of nitrogens with one attached hydrogen (secondary N) is 2. The molecule has 0 radical (unpaired) electrons. The second kappa shape index (κ2) is 7.59. The van der Waals surface area contributed by atoms with Gasteiger partial charge in [0.15, 0.2) is 0 Å². The zero-order valence-corrected chi connectivity index (χ0v) is 15.2. The summed E-state index contributed by atoms with van der Waals surface area (Å²) < 4.78 is 5.23. The van der Waals surface area contributed by atoms with Gasteiger partial charge >= 0.3 is 0 Å². The molecule has 7 heteroatoms. The van der Waals surface area contributed by atoms with Crippen molar-refractivity contribution >= 4 is 46.3 Å². The topological polar surface area (TPSA) is 59.1 Å². The number of aryl methyl sites for hydroxylation is 1. The molecule has 1 heterocycles. The molecule has 128 valence electrons. The largest absolute Gasteiger partial charge is 0.497 e. The van der Waals surface area contributed by atoms with Crippen LogP contribution < -0.4 is 15.4 Å². The summed E-state index contributed by atoms with van der Waals surface area (Å²) in [6, 6.07) is 14.8. The summed E-state index contributed by atoms with van der Waals surface area (Å²) in [7, 11) is 1.63. The zero-order chi connectivity index (χ0) is 17.8. The normalized spacial score (nSPS) is 10.4. The second-order valence-electron chi connectivity index (χ2n) is 5.30. The van der Waals surface area contributed by atoms with Gasteiger partial charge in [0, 0.05) is 23.5 Å². The van der Waals surface area contributed by atoms with Crippen molar-refractivity contribution in [2.45, 2.75) is 6.92 Å². The lowest BCUT2D eigenvalue weighted by atomic mass is 10.3. The Bertz CT molecular complexity index is 902. The van der Waals surface area contributed by atoms with Gasteiger partial charge in [-0.2, -0.15) is 4.98 Å². The van der Waals surface area contributed by atoms with Crippen LogP contribution >= 0.6 is 23.2 Å². The number of hydrogen-bond acceptors (Lipinski definition) is 5. The van der Waals surface area contributed by atoms with Crippen molar-refractivity contribution in [1.29, 1.82) is 0 Å². The van der Waals surface area contributed by atoms with E-state index in [1.807, 2.05) is 49.4 Å². The number of halogens is 2. The minimum Gasteiger partial charge on any atom is -0.497 e. The molecule has 3 aromatic rings. The Hall–Kier alpha value is -2.50. The van der Waals surface area contributed by atoms with E-state index in [1.165, 1.54) is 0 Å². The number of nitrogens with zero attached hydrogens (tertiary/aromatic N) is 2. The van der Waals surface area contributed by atoms with Crippen LogP contribution in [0.4, 0.5) is 23.1 Å². The predicted octanol–water partition coefficient (Wildman–Crippen LogP) is 5.59. The van der Waals surface area contributed by atoms with Crippen LogP contribution in [0.25, 0.3) is 0 Å². The molecule has 2 aromatic carbocycles. The smallest absolute Gasteiger partial charge is 0.229 e. The molecule has 0 amide bonds. The minimum absolute atomic E-state index is 0.426. The van der Waals surface area contributed by atoms with E-state index in [-0.39, 0.29) is 0 Å². The zero-order valence-electron chi connectivity index (χ0n) is 13.7. The van der Waals surface area contributed by atoms with Crippen LogP contribution in [-0.4, -0.2) is 17.1 Å². The van der Waals surface area contributed by atoms with E-state index < -0.39 is 0 Å². The molecule has 1 aromatic heterocycles. The fraction of sp³-hybridized carbons (Fsp3) is 0.111. The van der Waals surface area contributed by atoms with E-state index in [0.717, 1.165) is 17.1 Å². The fourth-order valence-corrected chi connectivity index (χ4v) is 2.61. The Morgan fingerprint density at radius 1 is 0.960 bits per heavy atom. The Kier molecular flexibility index (Phi) is 5.26. The summed E-state index contributed by atoms with van der Waals surface area (Å²) in [6.07, 6.45) is 0. The number of methoxy groups -OCH3 is 1. The van der Waals surface area contributed by atoms with Crippen LogP contribution in [0.1, 0.15) is 5.69 Å². The molecular weight excluding hydrogens is 359 g/mol. The Balaban J connectivity index is 1.86. The summed E-state index contributed by atoms with van der Waals surface area (Å²) in [5, 5.41) is 7.23. The van der Waals surface area contributed by atoms with Gasteiger partial charge in [-0.1, -0.05) is 35.3 Å². The van der Waals surface area contributed by atoms with Crippen molar-refractivity contribution in [2.75, 3.05) is 17.7 Å². The average Bonchev–Trinajstić information content (AvgIpc) is 2.59. The monoisotopic (exact) mass is 374 g/mol. The number of aromatic nitrogens is 2. The summed E-state index contributed by atoms with van der Waals surface area (Å²) in [5.74, 6) is 1.84. The highest BCUT2D eigenvalue weighted by Crippen LogP contribution is 2.31. The number of rotatable bonds is 5. The first-order valence-electron chi connectivity index (χ1n) is 7.53. The summed E-state index contributed by atoms with van der Waals surface area (Å²) in [5.41, 5.74) is 2.32. The summed E-state index contributed by atoms with van der Waals surface area (Å²) in [4.78, 5) is 8.86. The van der Waals surface area contributed by atoms with Gasteiger partial charge in [-0.15, -0.1) is 0 Å². The lowest BCUT2D eigenvalue weighted by molar-refractivity contribution is 0.415. The molecule has 0 saturated carbocycles. The van der Waals surface area contributed by atoms with Crippen molar-refractivity contribution in [3.8, 4) is 5.75 Å². The van der Waals surface area contributed by atoms with E-state index in [4.69, 9.17) is 27.9 Å². The predicted molar refractivity (Wildman–Crippen MR) is 103 cm³/mol. The maximum atomic E-state index is 6.21. The molecular formula is C18H16Cl2N4O. The number of benzene rings is 2. The molecule has 0 bridgehead atoms. The maximum absolute atomic E-state index is 6.21. The van der Waals surface area contributed by atoms with Crippen LogP contribution in [0.5, 0.6) is 5.75 Å². The lowest BCUT2D eigenvalue weighted by Gasteiger charge is -2.12. The van der Waals surface area contributed by atoms with E-state index in [0.29, 0.717) is 27.5 Å². The highest BCUT2D eigenvalue weighted by Gasteiger charge is 2.08. The highest BCUT2D eigenvalue weighted by molar-refractivity contribution is 6.43. The lowest BCUT2D eigenvalue weighted by Crippen LogP contribution is -2.03. The molecule has 0 atom stereocenters. The standard InChI is InChI=1S/C18H16Cl2N4O/c1-11-9-16(22-12-5-3-6-13(10-12)25-2)24-18(21-11)23-15-8-4-7-14(19)17(15)20/h3-10H,1-2H3,(H2,21,22,23,24). The first kappa shape index (κ1) is 17.3. The van der Waals surface area contributed by atoms with Gasteiger partial charge < -0.3 is 15.4 Å². The van der Waals surface area contributed by atoms with Crippen molar-refractivity contribution in [1.82, 2.24) is 9.97 Å². The van der Waals surface area contributed by atoms with Crippen LogP contribution in [0.2, 0.25) is 10.0 Å². The third-order valence-electron chi connectivity index (χ3n) is 3.39. The van der Waals surface area contributed by atoms with Gasteiger partial charge in [0.2, 0.25) is 5.95 Å². The van der Waals surface area contributed by atoms with E-state index in [1.54, 1.807) is 13.2 Å². The Morgan fingerprint density at radius 3 is 2.56 bits per heavy atom. The molecule has 0 fully saturated rings. The third-order valence-corrected chi connectivity index (χ3v) is 4.21. The van der Waals surface area contributed by atoms with Crippen LogP contribution in [0.15, 0.2) is 48.5 Å². The number of ether oxygens (including phenoxy) is 1. The first-order chi connectivity index (χ1) is 12.0. The van der Waals surface area contributed by atoms with E-state index in [2.05, 4.69) is 20.6 Å². The number of hydrogen-bond donors (Lipinski definition) is 2. The van der Waals surface area contributed by atoms with Gasteiger partial charge in [-0.3, -0.25) is 0 Å². The molecule has 2 N–H and O–H groups in total. The van der Waals surface area contributed by atoms with Gasteiger partial charge in [0.05, 0.1) is 22.8 Å². The maximum Gasteiger partial charge on any atom is 0.229 e. The fourth-order valence-electron chi connectivity index (χ4n) is 2.26. The Morgan fingerprint density at radius 2 is 1.76 bits per heavy atom. The molecule has 0 aliphatic carbocycles. The van der Waals surface area contributed by atoms with Crippen molar-refractivity contribution in [3.05, 3.63) is 64.3 Å². The van der Waals surface area contributed by atoms with Gasteiger partial charge in [-0.05, 0) is 31.2 Å². The van der Waals surface area contributed by atoms with Crippen LogP contribution in [-0.2, 0) is 0 Å². The van der Waals surface area contributed by atoms with Crippen molar-refractivity contribution < 1.29 is 4.74 Å². The molecule has 3 rings (SSSR count). The van der Waals surface area contributed by atoms with Crippen molar-refractivity contribution in [3.63, 3.8) is 0 Å². The Labute approximate surface area is 156 Å². The molecule has 0 unspecified atom stereocenters. The third kappa shape index (κ3) is 4.32. The summed E-state index contributed by atoms with van der Waals surface area (Å²) >= 11 is 12.2. The van der Waals surface area contributed by atoms with E-state index in [9.17, 15) is 0 Å². The van der Waals surface area contributed by atoms with Crippen LogP contribution in [0, 0.1) is 6.92 Å². The summed E-state index contributed by atoms with van der Waals surface area (Å²) in [6.45, 7) is 1.89. The molecule has 0 aliphatic heterocycles. The first-order valence-corrected chi connectivity index (χ1v) is 8.28. The minimum atomic E-state index is 0.426. The average molecular weight is 375 g/mol. The van der Waals surface area contributed by atoms with Crippen molar-refractivity contribution in [2.24, 2.45) is 0 Å². The number of anilines is 4. The van der Waals surface area contributed by atoms with Gasteiger partial charge in [0.1, 0.15) is 11.6 Å². The van der Waals surface area contributed by atoms with Crippen LogP contribution in [0.3, 0.4) is 0 Å². The van der Waals surface area contributed by atoms with Gasteiger partial charge in [-0.25, -0.2) is 4.98 Å². The quantitative estimate of drug-likeness (QED) is 0.609. The molecule has 5 nitrogen and oxygen atoms in total.